The number of hydrogen-bond donors (Lipinski definition) is 2. The molecule has 152 valence electrons. The van der Waals surface area contributed by atoms with E-state index < -0.39 is 4.92 Å². The first-order valence-corrected chi connectivity index (χ1v) is 9.98. The van der Waals surface area contributed by atoms with Crippen LogP contribution in [0, 0.1) is 17.0 Å². The molecular weight excluding hydrogens is 404 g/mol. The number of anilines is 4. The lowest BCUT2D eigenvalue weighted by atomic mass is 10.2. The molecule has 0 aliphatic carbocycles. The number of benzene rings is 2. The summed E-state index contributed by atoms with van der Waals surface area (Å²) < 4.78 is 6.40. The molecule has 2 heterocycles. The first-order valence-electron chi connectivity index (χ1n) is 9.17. The predicted molar refractivity (Wildman–Crippen MR) is 117 cm³/mol. The summed E-state index contributed by atoms with van der Waals surface area (Å²) in [6.07, 6.45) is 1.27. The molecule has 9 nitrogen and oxygen atoms in total. The normalized spacial score (nSPS) is 10.7. The highest BCUT2D eigenvalue weighted by Gasteiger charge is 2.24. The number of hydrogen-bond acceptors (Lipinski definition) is 9. The van der Waals surface area contributed by atoms with Gasteiger partial charge < -0.3 is 15.4 Å². The maximum atomic E-state index is 11.8. The lowest BCUT2D eigenvalue weighted by Crippen LogP contribution is -2.05. The van der Waals surface area contributed by atoms with Gasteiger partial charge in [-0.05, 0) is 55.8 Å². The number of ether oxygens (including phenoxy) is 1. The summed E-state index contributed by atoms with van der Waals surface area (Å²) in [4.78, 5) is 23.9. The molecule has 2 aromatic carbocycles. The smallest absolute Gasteiger partial charge is 0.353 e. The molecule has 2 aromatic heterocycles. The van der Waals surface area contributed by atoms with Crippen molar-refractivity contribution in [2.24, 2.45) is 0 Å². The quantitative estimate of drug-likeness (QED) is 0.309. The van der Waals surface area contributed by atoms with Crippen LogP contribution in [0.5, 0.6) is 5.75 Å². The average molecular weight is 422 g/mol. The van der Waals surface area contributed by atoms with E-state index in [-0.39, 0.29) is 17.3 Å². The van der Waals surface area contributed by atoms with E-state index in [2.05, 4.69) is 25.6 Å². The number of thiazole rings is 1. The summed E-state index contributed by atoms with van der Waals surface area (Å²) in [6, 6.07) is 13.0. The number of aryl methyl sites for hydroxylation is 1. The van der Waals surface area contributed by atoms with Crippen molar-refractivity contribution in [3.63, 3.8) is 0 Å². The molecule has 0 unspecified atom stereocenters. The Hall–Kier alpha value is -3.79. The largest absolute Gasteiger partial charge is 0.494 e. The van der Waals surface area contributed by atoms with Gasteiger partial charge in [0, 0.05) is 5.69 Å². The second-order valence-corrected chi connectivity index (χ2v) is 7.40. The van der Waals surface area contributed by atoms with Crippen molar-refractivity contribution in [2.75, 3.05) is 17.2 Å². The summed E-state index contributed by atoms with van der Waals surface area (Å²) in [6.45, 7) is 4.46. The molecule has 0 aliphatic rings. The van der Waals surface area contributed by atoms with Crippen LogP contribution >= 0.6 is 11.3 Å². The minimum absolute atomic E-state index is 0.0687. The first-order chi connectivity index (χ1) is 14.5. The van der Waals surface area contributed by atoms with E-state index >= 15 is 0 Å². The van der Waals surface area contributed by atoms with Crippen LogP contribution in [-0.4, -0.2) is 26.5 Å². The summed E-state index contributed by atoms with van der Waals surface area (Å²) in [5.74, 6) is 0.867. The van der Waals surface area contributed by atoms with Crippen LogP contribution in [0.2, 0.25) is 0 Å². The fourth-order valence-corrected chi connectivity index (χ4v) is 3.82. The topological polar surface area (TPSA) is 115 Å². The van der Waals surface area contributed by atoms with Gasteiger partial charge in [-0.1, -0.05) is 17.4 Å². The van der Waals surface area contributed by atoms with Crippen molar-refractivity contribution in [2.45, 2.75) is 13.8 Å². The van der Waals surface area contributed by atoms with Gasteiger partial charge in [0.1, 0.15) is 12.1 Å². The van der Waals surface area contributed by atoms with E-state index in [4.69, 9.17) is 4.74 Å². The van der Waals surface area contributed by atoms with Crippen molar-refractivity contribution >= 4 is 49.7 Å². The standard InChI is InChI=1S/C20H18N6O3S/c1-3-29-14-7-5-13(6-8-14)23-18-17(26(27)28)19(22-11-21-18)25-20-24-15-9-4-12(2)10-16(15)30-20/h4-11H,3H2,1-2H3,(H2,21,22,23,24,25). The Kier molecular flexibility index (Phi) is 5.40. The monoisotopic (exact) mass is 422 g/mol. The number of nitrogens with one attached hydrogen (secondary N) is 2. The van der Waals surface area contributed by atoms with Crippen LogP contribution in [0.4, 0.5) is 28.1 Å². The number of nitro groups is 1. The molecule has 0 spiro atoms. The highest BCUT2D eigenvalue weighted by molar-refractivity contribution is 7.22. The van der Waals surface area contributed by atoms with E-state index in [1.165, 1.54) is 17.7 Å². The van der Waals surface area contributed by atoms with Crippen LogP contribution < -0.4 is 15.4 Å². The fourth-order valence-electron chi connectivity index (χ4n) is 2.86. The molecule has 0 saturated heterocycles. The lowest BCUT2D eigenvalue weighted by Gasteiger charge is -2.09. The van der Waals surface area contributed by atoms with Crippen molar-refractivity contribution in [3.8, 4) is 5.75 Å². The minimum atomic E-state index is -0.517. The van der Waals surface area contributed by atoms with Gasteiger partial charge in [-0.25, -0.2) is 15.0 Å². The maximum absolute atomic E-state index is 11.8. The molecule has 0 amide bonds. The zero-order valence-electron chi connectivity index (χ0n) is 16.2. The molecule has 2 N–H and O–H groups in total. The zero-order chi connectivity index (χ0) is 21.1. The molecular formula is C20H18N6O3S. The van der Waals surface area contributed by atoms with Gasteiger partial charge in [0.15, 0.2) is 5.13 Å². The Morgan fingerprint density at radius 1 is 1.10 bits per heavy atom. The van der Waals surface area contributed by atoms with Gasteiger partial charge in [0.2, 0.25) is 11.6 Å². The van der Waals surface area contributed by atoms with Gasteiger partial charge in [-0.15, -0.1) is 0 Å². The van der Waals surface area contributed by atoms with Crippen LogP contribution in [-0.2, 0) is 0 Å². The van der Waals surface area contributed by atoms with Crippen molar-refractivity contribution in [1.29, 1.82) is 0 Å². The SMILES string of the molecule is CCOc1ccc(Nc2ncnc(Nc3nc4ccc(C)cc4s3)c2[N+](=O)[O-])cc1. The Labute approximate surface area is 175 Å². The second-order valence-electron chi connectivity index (χ2n) is 6.37. The minimum Gasteiger partial charge on any atom is -0.494 e. The predicted octanol–water partition coefficient (Wildman–Crippen LogP) is 5.19. The summed E-state index contributed by atoms with van der Waals surface area (Å²) >= 11 is 1.40. The van der Waals surface area contributed by atoms with Crippen LogP contribution in [0.3, 0.4) is 0 Å². The third-order valence-electron chi connectivity index (χ3n) is 4.20. The molecule has 0 aliphatic heterocycles. The van der Waals surface area contributed by atoms with E-state index in [0.29, 0.717) is 23.2 Å². The van der Waals surface area contributed by atoms with E-state index in [9.17, 15) is 10.1 Å². The van der Waals surface area contributed by atoms with Crippen molar-refractivity contribution < 1.29 is 9.66 Å². The number of aromatic nitrogens is 3. The van der Waals surface area contributed by atoms with Crippen molar-refractivity contribution in [3.05, 3.63) is 64.5 Å². The van der Waals surface area contributed by atoms with Crippen molar-refractivity contribution in [1.82, 2.24) is 15.0 Å². The van der Waals surface area contributed by atoms with Gasteiger partial charge in [0.05, 0.1) is 21.7 Å². The molecule has 0 fully saturated rings. The molecule has 4 rings (SSSR count). The highest BCUT2D eigenvalue weighted by Crippen LogP contribution is 2.35. The molecule has 4 aromatic rings. The molecule has 0 radical (unpaired) electrons. The van der Waals surface area contributed by atoms with Gasteiger partial charge in [-0.3, -0.25) is 10.1 Å². The molecule has 0 bridgehead atoms. The Bertz CT molecular complexity index is 1210. The van der Waals surface area contributed by atoms with Gasteiger partial charge >= 0.3 is 5.69 Å². The Balaban J connectivity index is 1.64. The third kappa shape index (κ3) is 4.13. The van der Waals surface area contributed by atoms with Crippen LogP contribution in [0.15, 0.2) is 48.8 Å². The van der Waals surface area contributed by atoms with E-state index in [1.54, 1.807) is 24.3 Å². The van der Waals surface area contributed by atoms with Gasteiger partial charge in [0.25, 0.3) is 0 Å². The summed E-state index contributed by atoms with van der Waals surface area (Å²) in [5, 5.41) is 18.3. The van der Waals surface area contributed by atoms with E-state index in [0.717, 1.165) is 15.8 Å². The molecule has 0 saturated carbocycles. The lowest BCUT2D eigenvalue weighted by molar-refractivity contribution is -0.383. The van der Waals surface area contributed by atoms with E-state index in [1.807, 2.05) is 32.0 Å². The van der Waals surface area contributed by atoms with Crippen LogP contribution in [0.25, 0.3) is 10.2 Å². The van der Waals surface area contributed by atoms with Crippen LogP contribution in [0.1, 0.15) is 12.5 Å². The molecule has 0 atom stereocenters. The molecule has 30 heavy (non-hydrogen) atoms. The Morgan fingerprint density at radius 3 is 2.53 bits per heavy atom. The summed E-state index contributed by atoms with van der Waals surface area (Å²) in [7, 11) is 0. The average Bonchev–Trinajstić information content (AvgIpc) is 3.11. The number of fused-ring (bicyclic) bond motifs is 1. The first kappa shape index (κ1) is 19.5. The maximum Gasteiger partial charge on any atom is 0.353 e. The third-order valence-corrected chi connectivity index (χ3v) is 5.14. The fraction of sp³-hybridized carbons (Fsp3) is 0.150. The zero-order valence-corrected chi connectivity index (χ0v) is 17.1. The molecule has 10 heteroatoms. The number of nitrogens with zero attached hydrogens (tertiary/aromatic N) is 4. The second kappa shape index (κ2) is 8.29. The highest BCUT2D eigenvalue weighted by atomic mass is 32.1. The number of rotatable bonds is 7. The summed E-state index contributed by atoms with van der Waals surface area (Å²) in [5.41, 5.74) is 2.31. The van der Waals surface area contributed by atoms with Gasteiger partial charge in [-0.2, -0.15) is 0 Å². The Morgan fingerprint density at radius 2 is 1.83 bits per heavy atom.